The van der Waals surface area contributed by atoms with Crippen LogP contribution in [0, 0.1) is 5.92 Å². The van der Waals surface area contributed by atoms with Gasteiger partial charge >= 0.3 is 0 Å². The fourth-order valence-electron chi connectivity index (χ4n) is 5.57. The van der Waals surface area contributed by atoms with Crippen molar-refractivity contribution in [3.63, 3.8) is 0 Å². The third-order valence-electron chi connectivity index (χ3n) is 7.70. The Morgan fingerprint density at radius 3 is 2.02 bits per heavy atom. The summed E-state index contributed by atoms with van der Waals surface area (Å²) >= 11 is 0. The van der Waals surface area contributed by atoms with Gasteiger partial charge in [-0.15, -0.1) is 0 Å². The van der Waals surface area contributed by atoms with E-state index in [1.165, 1.54) is 6.07 Å². The first-order valence-corrected chi connectivity index (χ1v) is 13.7. The molecule has 2 aliphatic heterocycles. The van der Waals surface area contributed by atoms with Crippen molar-refractivity contribution in [1.82, 2.24) is 9.80 Å². The molecule has 3 aromatic rings. The molecule has 1 fully saturated rings. The minimum absolute atomic E-state index is 0.00843. The molecule has 2 N–H and O–H groups in total. The summed E-state index contributed by atoms with van der Waals surface area (Å²) in [6, 6.07) is 19.9. The van der Waals surface area contributed by atoms with E-state index >= 15 is 0 Å². The molecule has 206 valence electrons. The molecule has 8 heteroatoms. The van der Waals surface area contributed by atoms with Gasteiger partial charge in [0.25, 0.3) is 17.7 Å². The van der Waals surface area contributed by atoms with Crippen molar-refractivity contribution in [1.29, 1.82) is 0 Å². The van der Waals surface area contributed by atoms with E-state index in [0.29, 0.717) is 41.9 Å². The molecule has 0 aromatic heterocycles. The van der Waals surface area contributed by atoms with Crippen molar-refractivity contribution >= 4 is 29.3 Å². The van der Waals surface area contributed by atoms with Gasteiger partial charge in [-0.05, 0) is 73.1 Å². The Morgan fingerprint density at radius 2 is 1.45 bits per heavy atom. The van der Waals surface area contributed by atoms with Crippen molar-refractivity contribution in [3.05, 3.63) is 95.1 Å². The van der Waals surface area contributed by atoms with Gasteiger partial charge in [0.1, 0.15) is 11.8 Å². The maximum absolute atomic E-state index is 13.4. The highest BCUT2D eigenvalue weighted by Crippen LogP contribution is 2.31. The number of benzene rings is 3. The molecule has 2 aliphatic rings. The molecule has 5 rings (SSSR count). The van der Waals surface area contributed by atoms with E-state index in [0.717, 1.165) is 23.3 Å². The van der Waals surface area contributed by atoms with Gasteiger partial charge in [-0.1, -0.05) is 50.2 Å². The number of carbonyl (C=O) groups excluding carboxylic acids is 4. The molecule has 0 saturated carbocycles. The Morgan fingerprint density at radius 1 is 0.875 bits per heavy atom. The topological polar surface area (TPSA) is 107 Å². The predicted molar refractivity (Wildman–Crippen MR) is 151 cm³/mol. The number of amides is 4. The van der Waals surface area contributed by atoms with Crippen molar-refractivity contribution in [3.8, 4) is 5.75 Å². The highest BCUT2D eigenvalue weighted by Gasteiger charge is 2.42. The van der Waals surface area contributed by atoms with Crippen molar-refractivity contribution in [2.45, 2.75) is 45.1 Å². The summed E-state index contributed by atoms with van der Waals surface area (Å²) < 4.78 is 0. The van der Waals surface area contributed by atoms with E-state index in [2.05, 4.69) is 5.32 Å². The maximum Gasteiger partial charge on any atom is 0.262 e. The minimum Gasteiger partial charge on any atom is -0.507 e. The third-order valence-corrected chi connectivity index (χ3v) is 7.70. The molecule has 0 unspecified atom stereocenters. The zero-order valence-corrected chi connectivity index (χ0v) is 22.7. The van der Waals surface area contributed by atoms with Gasteiger partial charge in [-0.3, -0.25) is 24.1 Å². The fraction of sp³-hybridized carbons (Fsp3) is 0.312. The number of hydrogen-bond donors (Lipinski definition) is 2. The number of anilines is 1. The van der Waals surface area contributed by atoms with E-state index in [1.807, 2.05) is 38.1 Å². The average Bonchev–Trinajstić information content (AvgIpc) is 3.21. The second-order valence-electron chi connectivity index (χ2n) is 10.9. The Labute approximate surface area is 233 Å². The summed E-state index contributed by atoms with van der Waals surface area (Å²) in [6.07, 6.45) is 1.94. The number of phenols is 1. The van der Waals surface area contributed by atoms with Crippen LogP contribution in [0.1, 0.15) is 75.7 Å². The Balaban J connectivity index is 1.22. The number of likely N-dealkylation sites (tertiary alicyclic amines) is 1. The number of piperidine rings is 1. The predicted octanol–water partition coefficient (Wildman–Crippen LogP) is 5.06. The van der Waals surface area contributed by atoms with Crippen LogP contribution >= 0.6 is 0 Å². The lowest BCUT2D eigenvalue weighted by Gasteiger charge is -2.32. The van der Waals surface area contributed by atoms with Crippen LogP contribution in [0.3, 0.4) is 0 Å². The Hall–Kier alpha value is -4.46. The van der Waals surface area contributed by atoms with Crippen LogP contribution in [-0.4, -0.2) is 57.7 Å². The number of imide groups is 1. The average molecular weight is 540 g/mol. The molecule has 0 aliphatic carbocycles. The second-order valence-corrected chi connectivity index (χ2v) is 10.9. The van der Waals surface area contributed by atoms with Gasteiger partial charge in [-0.2, -0.15) is 0 Å². The van der Waals surface area contributed by atoms with Crippen molar-refractivity contribution in [2.75, 3.05) is 18.4 Å². The van der Waals surface area contributed by atoms with Gasteiger partial charge in [0.15, 0.2) is 0 Å². The van der Waals surface area contributed by atoms with Crippen LogP contribution < -0.4 is 5.32 Å². The highest BCUT2D eigenvalue weighted by atomic mass is 16.3. The smallest absolute Gasteiger partial charge is 0.262 e. The molecular weight excluding hydrogens is 506 g/mol. The van der Waals surface area contributed by atoms with E-state index in [4.69, 9.17) is 0 Å². The van der Waals surface area contributed by atoms with Gasteiger partial charge in [0.05, 0.1) is 16.7 Å². The van der Waals surface area contributed by atoms with Crippen LogP contribution in [0.4, 0.5) is 5.69 Å². The summed E-state index contributed by atoms with van der Waals surface area (Å²) in [4.78, 5) is 55.2. The highest BCUT2D eigenvalue weighted by molar-refractivity contribution is 6.23. The lowest BCUT2D eigenvalue weighted by Crippen LogP contribution is -2.47. The normalized spacial score (nSPS) is 16.3. The van der Waals surface area contributed by atoms with Crippen LogP contribution in [0.15, 0.2) is 72.8 Å². The Bertz CT molecular complexity index is 1410. The molecule has 2 heterocycles. The summed E-state index contributed by atoms with van der Waals surface area (Å²) in [5.74, 6) is -1.09. The van der Waals surface area contributed by atoms with Crippen molar-refractivity contribution in [2.24, 2.45) is 5.92 Å². The summed E-state index contributed by atoms with van der Waals surface area (Å²) in [6.45, 7) is 5.09. The standard InChI is InChI=1S/C32H33N3O5/c1-20(2)19-27(35-31(39)24-7-3-4-8-25(24)32(35)40)29(37)33-23-13-11-21(12-14-23)22-15-17-34(18-16-22)30(38)26-9-5-6-10-28(26)36/h3-14,20,22,27,36H,15-19H2,1-2H3,(H,33,37)/t27-/m1/s1. The molecule has 40 heavy (non-hydrogen) atoms. The monoisotopic (exact) mass is 539 g/mol. The van der Waals surface area contributed by atoms with Crippen LogP contribution in [-0.2, 0) is 4.79 Å². The summed E-state index contributed by atoms with van der Waals surface area (Å²) in [5.41, 5.74) is 2.68. The van der Waals surface area contributed by atoms with E-state index in [9.17, 15) is 24.3 Å². The van der Waals surface area contributed by atoms with Crippen LogP contribution in [0.25, 0.3) is 0 Å². The zero-order chi connectivity index (χ0) is 28.4. The fourth-order valence-corrected chi connectivity index (χ4v) is 5.57. The maximum atomic E-state index is 13.4. The van der Waals surface area contributed by atoms with E-state index in [1.54, 1.807) is 47.4 Å². The summed E-state index contributed by atoms with van der Waals surface area (Å²) in [7, 11) is 0. The largest absolute Gasteiger partial charge is 0.507 e. The number of para-hydroxylation sites is 1. The SMILES string of the molecule is CC(C)C[C@H](C(=O)Nc1ccc(C2CCN(C(=O)c3ccccc3O)CC2)cc1)N1C(=O)c2ccccc2C1=O. The summed E-state index contributed by atoms with van der Waals surface area (Å²) in [5, 5.41) is 12.9. The number of fused-ring (bicyclic) bond motifs is 1. The van der Waals surface area contributed by atoms with Crippen molar-refractivity contribution < 1.29 is 24.3 Å². The molecule has 4 amide bonds. The van der Waals surface area contributed by atoms with Gasteiger partial charge in [0, 0.05) is 18.8 Å². The first-order chi connectivity index (χ1) is 19.2. The quantitative estimate of drug-likeness (QED) is 0.408. The number of nitrogens with one attached hydrogen (secondary N) is 1. The molecule has 3 aromatic carbocycles. The number of carbonyl (C=O) groups is 4. The van der Waals surface area contributed by atoms with E-state index < -0.39 is 23.8 Å². The number of phenolic OH excluding ortho intramolecular Hbond substituents is 1. The lowest BCUT2D eigenvalue weighted by molar-refractivity contribution is -0.120. The molecule has 0 spiro atoms. The Kier molecular flexibility index (Phi) is 7.69. The molecule has 8 nitrogen and oxygen atoms in total. The van der Waals surface area contributed by atoms with Gasteiger partial charge in [-0.25, -0.2) is 0 Å². The molecule has 0 radical (unpaired) electrons. The second kappa shape index (κ2) is 11.3. The van der Waals surface area contributed by atoms with Gasteiger partial charge in [0.2, 0.25) is 5.91 Å². The molecular formula is C32H33N3O5. The number of nitrogens with zero attached hydrogens (tertiary/aromatic N) is 2. The van der Waals surface area contributed by atoms with Crippen LogP contribution in [0.2, 0.25) is 0 Å². The number of hydrogen-bond acceptors (Lipinski definition) is 5. The number of aromatic hydroxyl groups is 1. The minimum atomic E-state index is -0.919. The lowest BCUT2D eigenvalue weighted by atomic mass is 9.89. The number of rotatable bonds is 7. The molecule has 1 atom stereocenters. The van der Waals surface area contributed by atoms with Gasteiger partial charge < -0.3 is 15.3 Å². The first-order valence-electron chi connectivity index (χ1n) is 13.7. The third kappa shape index (κ3) is 5.34. The zero-order valence-electron chi connectivity index (χ0n) is 22.7. The van der Waals surface area contributed by atoms with E-state index in [-0.39, 0.29) is 23.5 Å². The first kappa shape index (κ1) is 27.1. The van der Waals surface area contributed by atoms with Crippen LogP contribution in [0.5, 0.6) is 5.75 Å². The molecule has 0 bridgehead atoms. The molecule has 1 saturated heterocycles.